The molecule has 0 saturated heterocycles. The van der Waals surface area contributed by atoms with E-state index in [0.29, 0.717) is 0 Å². The van der Waals surface area contributed by atoms with Gasteiger partial charge in [-0.15, -0.1) is 0 Å². The van der Waals surface area contributed by atoms with Crippen LogP contribution in [0.3, 0.4) is 0 Å². The van der Waals surface area contributed by atoms with Crippen LogP contribution in [0.1, 0.15) is 26.3 Å². The van der Waals surface area contributed by atoms with Gasteiger partial charge in [-0.1, -0.05) is 26.8 Å². The fraction of sp³-hybridized carbons (Fsp3) is 0.357. The number of fused-ring (bicyclic) bond motifs is 1. The maximum absolute atomic E-state index is 12.5. The number of pyridine rings is 1. The molecule has 0 radical (unpaired) electrons. The molecule has 0 aliphatic rings. The molecular formula is C14H15F2NO. The molecule has 18 heavy (non-hydrogen) atoms. The topological polar surface area (TPSA) is 22.1 Å². The van der Waals surface area contributed by atoms with Crippen molar-refractivity contribution in [3.63, 3.8) is 0 Å². The van der Waals surface area contributed by atoms with Gasteiger partial charge in [0, 0.05) is 17.1 Å². The molecule has 1 aromatic heterocycles. The van der Waals surface area contributed by atoms with Crippen LogP contribution in [0.2, 0.25) is 0 Å². The molecular weight excluding hydrogens is 236 g/mol. The summed E-state index contributed by atoms with van der Waals surface area (Å²) in [6, 6.07) is 6.93. The molecule has 0 spiro atoms. The van der Waals surface area contributed by atoms with Crippen LogP contribution < -0.4 is 4.74 Å². The van der Waals surface area contributed by atoms with Gasteiger partial charge in [-0.25, -0.2) is 0 Å². The first-order valence-electron chi connectivity index (χ1n) is 5.72. The van der Waals surface area contributed by atoms with Gasteiger partial charge in [0.2, 0.25) is 0 Å². The van der Waals surface area contributed by atoms with Crippen molar-refractivity contribution in [3.8, 4) is 5.75 Å². The SMILES string of the molecule is CC(C)(C)c1c(OC(F)F)ccc2ncccc12. The lowest BCUT2D eigenvalue weighted by atomic mass is 9.83. The molecule has 2 rings (SSSR count). The van der Waals surface area contributed by atoms with Gasteiger partial charge in [0.1, 0.15) is 5.75 Å². The average Bonchev–Trinajstić information content (AvgIpc) is 2.26. The number of alkyl halides is 2. The zero-order valence-electron chi connectivity index (χ0n) is 10.6. The van der Waals surface area contributed by atoms with Crippen LogP contribution in [0.15, 0.2) is 30.5 Å². The van der Waals surface area contributed by atoms with Crippen molar-refractivity contribution in [2.45, 2.75) is 32.8 Å². The van der Waals surface area contributed by atoms with E-state index in [4.69, 9.17) is 0 Å². The normalized spacial score (nSPS) is 12.1. The standard InChI is InChI=1S/C14H15F2NO/c1-14(2,3)12-9-5-4-8-17-10(9)6-7-11(12)18-13(15)16/h4-8,13H,1-3H3. The molecule has 1 aromatic carbocycles. The van der Waals surface area contributed by atoms with E-state index >= 15 is 0 Å². The lowest BCUT2D eigenvalue weighted by Gasteiger charge is -2.24. The molecule has 0 N–H and O–H groups in total. The number of ether oxygens (including phenoxy) is 1. The van der Waals surface area contributed by atoms with E-state index in [2.05, 4.69) is 9.72 Å². The van der Waals surface area contributed by atoms with Gasteiger partial charge in [-0.2, -0.15) is 8.78 Å². The molecule has 0 unspecified atom stereocenters. The van der Waals surface area contributed by atoms with Crippen molar-refractivity contribution in [1.29, 1.82) is 0 Å². The highest BCUT2D eigenvalue weighted by Gasteiger charge is 2.23. The van der Waals surface area contributed by atoms with Crippen molar-refractivity contribution < 1.29 is 13.5 Å². The van der Waals surface area contributed by atoms with E-state index in [0.717, 1.165) is 16.5 Å². The minimum Gasteiger partial charge on any atom is -0.435 e. The minimum atomic E-state index is -2.82. The quantitative estimate of drug-likeness (QED) is 0.800. The second-order valence-corrected chi connectivity index (χ2v) is 5.14. The minimum absolute atomic E-state index is 0.220. The van der Waals surface area contributed by atoms with Crippen LogP contribution in [-0.2, 0) is 5.41 Å². The fourth-order valence-electron chi connectivity index (χ4n) is 2.10. The highest BCUT2D eigenvalue weighted by molar-refractivity contribution is 5.85. The molecule has 2 nitrogen and oxygen atoms in total. The molecule has 0 bridgehead atoms. The summed E-state index contributed by atoms with van der Waals surface area (Å²) in [6.45, 7) is 3.08. The zero-order valence-corrected chi connectivity index (χ0v) is 10.6. The molecule has 96 valence electrons. The van der Waals surface area contributed by atoms with Crippen molar-refractivity contribution in [1.82, 2.24) is 4.98 Å². The van der Waals surface area contributed by atoms with Crippen LogP contribution in [0.5, 0.6) is 5.75 Å². The Balaban J connectivity index is 2.71. The summed E-state index contributed by atoms with van der Waals surface area (Å²) in [6.07, 6.45) is 1.68. The smallest absolute Gasteiger partial charge is 0.387 e. The van der Waals surface area contributed by atoms with Crippen LogP contribution >= 0.6 is 0 Å². The highest BCUT2D eigenvalue weighted by atomic mass is 19.3. The third kappa shape index (κ3) is 2.42. The summed E-state index contributed by atoms with van der Waals surface area (Å²) >= 11 is 0. The van der Waals surface area contributed by atoms with E-state index in [1.165, 1.54) is 0 Å². The van der Waals surface area contributed by atoms with Gasteiger partial charge in [0.05, 0.1) is 5.52 Å². The van der Waals surface area contributed by atoms with Crippen molar-refractivity contribution in [2.75, 3.05) is 0 Å². The molecule has 0 aliphatic carbocycles. The maximum atomic E-state index is 12.5. The Hall–Kier alpha value is -1.71. The Labute approximate surface area is 105 Å². The van der Waals surface area contributed by atoms with Crippen molar-refractivity contribution in [2.24, 2.45) is 0 Å². The van der Waals surface area contributed by atoms with Gasteiger partial charge < -0.3 is 4.74 Å². The first-order chi connectivity index (χ1) is 8.39. The third-order valence-corrected chi connectivity index (χ3v) is 2.71. The second kappa shape index (κ2) is 4.52. The second-order valence-electron chi connectivity index (χ2n) is 5.14. The fourth-order valence-corrected chi connectivity index (χ4v) is 2.10. The Kier molecular flexibility index (Phi) is 3.20. The number of halogens is 2. The first kappa shape index (κ1) is 12.7. The van der Waals surface area contributed by atoms with E-state index in [9.17, 15) is 8.78 Å². The van der Waals surface area contributed by atoms with E-state index in [1.54, 1.807) is 24.4 Å². The van der Waals surface area contributed by atoms with Gasteiger partial charge in [-0.05, 0) is 23.6 Å². The zero-order chi connectivity index (χ0) is 13.3. The van der Waals surface area contributed by atoms with Crippen LogP contribution in [-0.4, -0.2) is 11.6 Å². The molecule has 2 aromatic rings. The van der Waals surface area contributed by atoms with E-state index < -0.39 is 6.61 Å². The summed E-state index contributed by atoms with van der Waals surface area (Å²) in [4.78, 5) is 4.23. The Bertz CT molecular complexity index is 561. The Morgan fingerprint density at radius 2 is 1.89 bits per heavy atom. The van der Waals surface area contributed by atoms with Crippen LogP contribution in [0.25, 0.3) is 10.9 Å². The van der Waals surface area contributed by atoms with E-state index in [1.807, 2.05) is 26.8 Å². The van der Waals surface area contributed by atoms with Crippen LogP contribution in [0.4, 0.5) is 8.78 Å². The number of hydrogen-bond acceptors (Lipinski definition) is 2. The molecule has 0 saturated carbocycles. The van der Waals surface area contributed by atoms with E-state index in [-0.39, 0.29) is 11.2 Å². The molecule has 0 amide bonds. The molecule has 0 fully saturated rings. The summed E-state index contributed by atoms with van der Waals surface area (Å²) in [7, 11) is 0. The number of nitrogens with zero attached hydrogens (tertiary/aromatic N) is 1. The lowest BCUT2D eigenvalue weighted by molar-refractivity contribution is -0.0507. The third-order valence-electron chi connectivity index (χ3n) is 2.71. The summed E-state index contributed by atoms with van der Waals surface area (Å²) in [5.74, 6) is 0.220. The number of aromatic nitrogens is 1. The predicted molar refractivity (Wildman–Crippen MR) is 67.1 cm³/mol. The largest absolute Gasteiger partial charge is 0.435 e. The van der Waals surface area contributed by atoms with Crippen molar-refractivity contribution in [3.05, 3.63) is 36.0 Å². The van der Waals surface area contributed by atoms with Crippen molar-refractivity contribution >= 4 is 10.9 Å². The molecule has 0 aliphatic heterocycles. The van der Waals surface area contributed by atoms with Gasteiger partial charge in [-0.3, -0.25) is 4.98 Å². The molecule has 0 atom stereocenters. The summed E-state index contributed by atoms with van der Waals surface area (Å²) in [5, 5.41) is 0.850. The highest BCUT2D eigenvalue weighted by Crippen LogP contribution is 2.37. The maximum Gasteiger partial charge on any atom is 0.387 e. The summed E-state index contributed by atoms with van der Waals surface area (Å²) < 4.78 is 29.5. The Morgan fingerprint density at radius 1 is 1.17 bits per heavy atom. The van der Waals surface area contributed by atoms with Gasteiger partial charge in [0.25, 0.3) is 0 Å². The Morgan fingerprint density at radius 3 is 2.50 bits per heavy atom. The average molecular weight is 251 g/mol. The molecule has 4 heteroatoms. The number of benzene rings is 1. The monoisotopic (exact) mass is 251 g/mol. The van der Waals surface area contributed by atoms with Gasteiger partial charge in [0.15, 0.2) is 0 Å². The summed E-state index contributed by atoms with van der Waals surface area (Å²) in [5.41, 5.74) is 1.24. The molecule has 1 heterocycles. The van der Waals surface area contributed by atoms with Gasteiger partial charge >= 0.3 is 6.61 Å². The predicted octanol–water partition coefficient (Wildman–Crippen LogP) is 4.13. The number of hydrogen-bond donors (Lipinski definition) is 0. The van der Waals surface area contributed by atoms with Crippen LogP contribution in [0, 0.1) is 0 Å². The lowest BCUT2D eigenvalue weighted by Crippen LogP contribution is -2.16. The first-order valence-corrected chi connectivity index (χ1v) is 5.72. The number of rotatable bonds is 2.